The quantitative estimate of drug-likeness (QED) is 0.490. The van der Waals surface area contributed by atoms with Gasteiger partial charge < -0.3 is 14.7 Å². The van der Waals surface area contributed by atoms with Crippen molar-refractivity contribution in [2.45, 2.75) is 13.5 Å². The summed E-state index contributed by atoms with van der Waals surface area (Å²) in [6.45, 7) is 2.23. The number of benzene rings is 1. The Hall–Kier alpha value is -3.42. The number of carboxylic acid groups (broad SMARTS) is 1. The molecule has 25 heavy (non-hydrogen) atoms. The van der Waals surface area contributed by atoms with Crippen LogP contribution in [-0.2, 0) is 6.54 Å². The first kappa shape index (κ1) is 16.4. The molecule has 0 atom stereocenters. The summed E-state index contributed by atoms with van der Waals surface area (Å²) in [6.07, 6.45) is 4.49. The SMILES string of the molecule is CCn1cc(C(=O)O)c(=O)c2cc(F)c(N/N=C/c3ccc[nH]3)cc21. The molecule has 0 saturated heterocycles. The van der Waals surface area contributed by atoms with E-state index in [4.69, 9.17) is 5.11 Å². The number of nitrogens with one attached hydrogen (secondary N) is 2. The Bertz CT molecular complexity index is 1020. The van der Waals surface area contributed by atoms with Gasteiger partial charge in [0.25, 0.3) is 0 Å². The largest absolute Gasteiger partial charge is 0.477 e. The highest BCUT2D eigenvalue weighted by molar-refractivity contribution is 5.93. The van der Waals surface area contributed by atoms with E-state index in [2.05, 4.69) is 15.5 Å². The average molecular weight is 342 g/mol. The van der Waals surface area contributed by atoms with E-state index in [1.54, 1.807) is 29.8 Å². The molecule has 128 valence electrons. The van der Waals surface area contributed by atoms with Crippen LogP contribution in [0.4, 0.5) is 10.1 Å². The maximum Gasteiger partial charge on any atom is 0.341 e. The normalized spacial score (nSPS) is 11.3. The van der Waals surface area contributed by atoms with E-state index in [0.717, 1.165) is 11.8 Å². The van der Waals surface area contributed by atoms with Crippen molar-refractivity contribution in [2.24, 2.45) is 5.10 Å². The molecule has 0 bridgehead atoms. The second kappa shape index (κ2) is 6.60. The van der Waals surface area contributed by atoms with Crippen LogP contribution in [0.15, 0.2) is 46.6 Å². The fourth-order valence-electron chi connectivity index (χ4n) is 2.51. The summed E-state index contributed by atoms with van der Waals surface area (Å²) >= 11 is 0. The van der Waals surface area contributed by atoms with Gasteiger partial charge in [-0.2, -0.15) is 5.10 Å². The van der Waals surface area contributed by atoms with Crippen molar-refractivity contribution in [1.29, 1.82) is 0 Å². The molecule has 0 amide bonds. The van der Waals surface area contributed by atoms with E-state index in [1.165, 1.54) is 18.5 Å². The molecule has 0 fully saturated rings. The molecule has 3 N–H and O–H groups in total. The van der Waals surface area contributed by atoms with Crippen molar-refractivity contribution < 1.29 is 14.3 Å². The molecule has 0 aliphatic rings. The van der Waals surface area contributed by atoms with E-state index in [1.807, 2.05) is 0 Å². The Morgan fingerprint density at radius 2 is 2.28 bits per heavy atom. The van der Waals surface area contributed by atoms with Gasteiger partial charge in [-0.25, -0.2) is 9.18 Å². The Kier molecular flexibility index (Phi) is 4.34. The number of pyridine rings is 1. The number of aromatic carboxylic acids is 1. The third-order valence-corrected chi connectivity index (χ3v) is 3.75. The lowest BCUT2D eigenvalue weighted by molar-refractivity contribution is 0.0695. The first-order valence-electron chi connectivity index (χ1n) is 7.53. The van der Waals surface area contributed by atoms with E-state index in [9.17, 15) is 14.0 Å². The number of carboxylic acids is 1. The van der Waals surface area contributed by atoms with Gasteiger partial charge in [-0.05, 0) is 31.2 Å². The van der Waals surface area contributed by atoms with E-state index in [-0.39, 0.29) is 16.6 Å². The van der Waals surface area contributed by atoms with Crippen molar-refractivity contribution in [2.75, 3.05) is 5.43 Å². The Morgan fingerprint density at radius 3 is 2.92 bits per heavy atom. The number of hydrogen-bond donors (Lipinski definition) is 3. The van der Waals surface area contributed by atoms with Crippen molar-refractivity contribution in [3.05, 3.63) is 64.0 Å². The van der Waals surface area contributed by atoms with Crippen LogP contribution in [0.5, 0.6) is 0 Å². The number of fused-ring (bicyclic) bond motifs is 1. The van der Waals surface area contributed by atoms with Crippen molar-refractivity contribution >= 4 is 28.8 Å². The number of hydrogen-bond acceptors (Lipinski definition) is 4. The lowest BCUT2D eigenvalue weighted by Gasteiger charge is -2.12. The zero-order valence-electron chi connectivity index (χ0n) is 13.3. The molecular weight excluding hydrogens is 327 g/mol. The number of anilines is 1. The molecule has 2 aromatic heterocycles. The second-order valence-electron chi connectivity index (χ2n) is 5.31. The van der Waals surface area contributed by atoms with Crippen molar-refractivity contribution in [3.8, 4) is 0 Å². The van der Waals surface area contributed by atoms with Gasteiger partial charge in [-0.1, -0.05) is 0 Å². The first-order valence-corrected chi connectivity index (χ1v) is 7.53. The number of nitrogens with zero attached hydrogens (tertiary/aromatic N) is 2. The van der Waals surface area contributed by atoms with Crippen LogP contribution in [0.1, 0.15) is 23.0 Å². The van der Waals surface area contributed by atoms with Crippen LogP contribution in [-0.4, -0.2) is 26.8 Å². The van der Waals surface area contributed by atoms with E-state index in [0.29, 0.717) is 12.1 Å². The molecule has 8 heteroatoms. The molecule has 3 rings (SSSR count). The minimum Gasteiger partial charge on any atom is -0.477 e. The zero-order valence-corrected chi connectivity index (χ0v) is 13.3. The lowest BCUT2D eigenvalue weighted by atomic mass is 10.1. The maximum atomic E-state index is 14.3. The van der Waals surface area contributed by atoms with Gasteiger partial charge >= 0.3 is 5.97 Å². The van der Waals surface area contributed by atoms with Gasteiger partial charge in [0.2, 0.25) is 5.43 Å². The molecule has 0 aliphatic heterocycles. The number of aromatic nitrogens is 2. The molecule has 0 unspecified atom stereocenters. The van der Waals surface area contributed by atoms with Crippen LogP contribution in [0.25, 0.3) is 10.9 Å². The number of H-pyrrole nitrogens is 1. The highest BCUT2D eigenvalue weighted by Crippen LogP contribution is 2.22. The van der Waals surface area contributed by atoms with Gasteiger partial charge in [0, 0.05) is 24.3 Å². The number of aryl methyl sites for hydroxylation is 1. The molecule has 1 aromatic carbocycles. The number of carbonyl (C=O) groups is 1. The van der Waals surface area contributed by atoms with Crippen molar-refractivity contribution in [1.82, 2.24) is 9.55 Å². The Labute approximate surface area is 141 Å². The van der Waals surface area contributed by atoms with Gasteiger partial charge in [-0.3, -0.25) is 10.2 Å². The second-order valence-corrected chi connectivity index (χ2v) is 5.31. The standard InChI is InChI=1S/C17H15FN4O3/c1-2-22-9-12(17(24)25)16(23)11-6-13(18)14(7-15(11)22)21-20-8-10-4-3-5-19-10/h3-9,19,21H,2H2,1H3,(H,24,25)/b20-8+. The predicted octanol–water partition coefficient (Wildman–Crippen LogP) is 2.63. The number of aromatic amines is 1. The summed E-state index contributed by atoms with van der Waals surface area (Å²) in [6, 6.07) is 6.07. The van der Waals surface area contributed by atoms with E-state index < -0.39 is 17.2 Å². The summed E-state index contributed by atoms with van der Waals surface area (Å²) in [7, 11) is 0. The topological polar surface area (TPSA) is 99.5 Å². The Balaban J connectivity index is 2.07. The predicted molar refractivity (Wildman–Crippen MR) is 92.8 cm³/mol. The first-order chi connectivity index (χ1) is 12.0. The molecule has 0 radical (unpaired) electrons. The maximum absolute atomic E-state index is 14.3. The smallest absolute Gasteiger partial charge is 0.341 e. The molecular formula is C17H15FN4O3. The monoisotopic (exact) mass is 342 g/mol. The minimum absolute atomic E-state index is 0.0122. The van der Waals surface area contributed by atoms with Crippen LogP contribution in [0.3, 0.4) is 0 Å². The van der Waals surface area contributed by atoms with Crippen LogP contribution >= 0.6 is 0 Å². The Morgan fingerprint density at radius 1 is 1.48 bits per heavy atom. The molecule has 2 heterocycles. The highest BCUT2D eigenvalue weighted by Gasteiger charge is 2.16. The van der Waals surface area contributed by atoms with E-state index >= 15 is 0 Å². The number of halogens is 1. The van der Waals surface area contributed by atoms with Crippen LogP contribution in [0.2, 0.25) is 0 Å². The summed E-state index contributed by atoms with van der Waals surface area (Å²) in [4.78, 5) is 26.4. The molecule has 0 aliphatic carbocycles. The molecule has 0 spiro atoms. The van der Waals surface area contributed by atoms with Gasteiger partial charge in [0.05, 0.1) is 23.1 Å². The number of rotatable bonds is 5. The van der Waals surface area contributed by atoms with Crippen LogP contribution in [0, 0.1) is 5.82 Å². The highest BCUT2D eigenvalue weighted by atomic mass is 19.1. The van der Waals surface area contributed by atoms with Crippen molar-refractivity contribution in [3.63, 3.8) is 0 Å². The summed E-state index contributed by atoms with van der Waals surface area (Å²) in [5, 5.41) is 13.1. The lowest BCUT2D eigenvalue weighted by Crippen LogP contribution is -2.19. The number of hydrazone groups is 1. The molecule has 3 aromatic rings. The fourth-order valence-corrected chi connectivity index (χ4v) is 2.51. The molecule has 7 nitrogen and oxygen atoms in total. The zero-order chi connectivity index (χ0) is 18.0. The minimum atomic E-state index is -1.34. The third-order valence-electron chi connectivity index (χ3n) is 3.75. The van der Waals surface area contributed by atoms with Gasteiger partial charge in [0.15, 0.2) is 0 Å². The third kappa shape index (κ3) is 3.14. The average Bonchev–Trinajstić information content (AvgIpc) is 3.09. The summed E-state index contributed by atoms with van der Waals surface area (Å²) in [5.41, 5.74) is 2.74. The van der Waals surface area contributed by atoms with Crippen LogP contribution < -0.4 is 10.9 Å². The molecule has 0 saturated carbocycles. The van der Waals surface area contributed by atoms with Gasteiger partial charge in [-0.15, -0.1) is 0 Å². The summed E-state index contributed by atoms with van der Waals surface area (Å²) < 4.78 is 15.9. The summed E-state index contributed by atoms with van der Waals surface area (Å²) in [5.74, 6) is -2.04. The fraction of sp³-hybridized carbons (Fsp3) is 0.118. The van der Waals surface area contributed by atoms with Gasteiger partial charge in [0.1, 0.15) is 11.4 Å².